The molecule has 0 spiro atoms. The highest BCUT2D eigenvalue weighted by Gasteiger charge is 2.19. The van der Waals surface area contributed by atoms with Gasteiger partial charge in [0.2, 0.25) is 5.88 Å². The Hall–Kier alpha value is -2.32. The summed E-state index contributed by atoms with van der Waals surface area (Å²) in [5, 5.41) is 5.32. The van der Waals surface area contributed by atoms with Crippen LogP contribution in [0.1, 0.15) is 17.8 Å². The molecule has 5 rings (SSSR count). The summed E-state index contributed by atoms with van der Waals surface area (Å²) in [5.74, 6) is 1.54. The third-order valence-corrected chi connectivity index (χ3v) is 7.17. The Bertz CT molecular complexity index is 1110. The van der Waals surface area contributed by atoms with Gasteiger partial charge >= 0.3 is 0 Å². The van der Waals surface area contributed by atoms with Gasteiger partial charge in [0.1, 0.15) is 10.7 Å². The maximum absolute atomic E-state index is 6.28. The molecule has 1 aliphatic rings. The van der Waals surface area contributed by atoms with Crippen molar-refractivity contribution in [2.75, 3.05) is 32.9 Å². The van der Waals surface area contributed by atoms with Gasteiger partial charge in [-0.3, -0.25) is 4.90 Å². The van der Waals surface area contributed by atoms with Gasteiger partial charge in [-0.25, -0.2) is 4.98 Å². The van der Waals surface area contributed by atoms with Crippen LogP contribution in [0.15, 0.2) is 53.2 Å². The van der Waals surface area contributed by atoms with Gasteiger partial charge < -0.3 is 9.47 Å². The van der Waals surface area contributed by atoms with Crippen LogP contribution in [0.5, 0.6) is 5.88 Å². The van der Waals surface area contributed by atoms with Gasteiger partial charge in [0.05, 0.1) is 31.8 Å². The van der Waals surface area contributed by atoms with Crippen molar-refractivity contribution in [2.45, 2.75) is 19.4 Å². The monoisotopic (exact) mass is 451 g/mol. The molecule has 4 aromatic rings. The van der Waals surface area contributed by atoms with Crippen LogP contribution in [0.3, 0.4) is 0 Å². The van der Waals surface area contributed by atoms with Gasteiger partial charge in [0.15, 0.2) is 0 Å². The molecule has 0 aliphatic carbocycles. The van der Waals surface area contributed by atoms with Crippen molar-refractivity contribution in [3.05, 3.63) is 64.6 Å². The molecular weight excluding hydrogens is 426 g/mol. The second kappa shape index (κ2) is 9.87. The number of hydrogen-bond acceptors (Lipinski definition) is 7. The number of hydrogen-bond donors (Lipinski definition) is 0. The summed E-state index contributed by atoms with van der Waals surface area (Å²) < 4.78 is 11.8. The second-order valence-corrected chi connectivity index (χ2v) is 9.38. The summed E-state index contributed by atoms with van der Waals surface area (Å²) in [6.07, 6.45) is 1.95. The van der Waals surface area contributed by atoms with E-state index < -0.39 is 0 Å². The van der Waals surface area contributed by atoms with Gasteiger partial charge in [-0.05, 0) is 29.9 Å². The molecule has 7 heteroatoms. The molecule has 0 bridgehead atoms. The van der Waals surface area contributed by atoms with E-state index in [4.69, 9.17) is 19.4 Å². The lowest BCUT2D eigenvalue weighted by Crippen LogP contribution is -2.36. The van der Waals surface area contributed by atoms with Gasteiger partial charge in [-0.15, -0.1) is 22.7 Å². The minimum Gasteiger partial charge on any atom is -0.477 e. The zero-order chi connectivity index (χ0) is 20.9. The maximum Gasteiger partial charge on any atom is 0.226 e. The van der Waals surface area contributed by atoms with Gasteiger partial charge in [0.25, 0.3) is 0 Å². The molecule has 0 radical (unpaired) electrons. The smallest absolute Gasteiger partial charge is 0.226 e. The van der Waals surface area contributed by atoms with Crippen LogP contribution >= 0.6 is 22.7 Å². The van der Waals surface area contributed by atoms with E-state index in [1.54, 1.807) is 22.7 Å². The number of nitrogens with zero attached hydrogens (tertiary/aromatic N) is 3. The predicted octanol–water partition coefficient (Wildman–Crippen LogP) is 5.26. The molecule has 1 fully saturated rings. The van der Waals surface area contributed by atoms with Crippen LogP contribution in [0, 0.1) is 0 Å². The van der Waals surface area contributed by atoms with Gasteiger partial charge in [-0.2, -0.15) is 4.98 Å². The lowest BCUT2D eigenvalue weighted by atomic mass is 10.1. The lowest BCUT2D eigenvalue weighted by Gasteiger charge is -2.25. The Kier molecular flexibility index (Phi) is 6.55. The highest BCUT2D eigenvalue weighted by molar-refractivity contribution is 7.18. The molecule has 4 heterocycles. The summed E-state index contributed by atoms with van der Waals surface area (Å²) in [5.41, 5.74) is 2.51. The highest BCUT2D eigenvalue weighted by atomic mass is 32.1. The lowest BCUT2D eigenvalue weighted by molar-refractivity contribution is 0.0330. The zero-order valence-corrected chi connectivity index (χ0v) is 19.0. The van der Waals surface area contributed by atoms with Crippen molar-refractivity contribution >= 4 is 32.9 Å². The van der Waals surface area contributed by atoms with Gasteiger partial charge in [0, 0.05) is 28.9 Å². The average Bonchev–Trinajstić information content (AvgIpc) is 3.48. The van der Waals surface area contributed by atoms with Crippen molar-refractivity contribution < 1.29 is 9.47 Å². The highest BCUT2D eigenvalue weighted by Crippen LogP contribution is 2.40. The molecule has 5 nitrogen and oxygen atoms in total. The summed E-state index contributed by atoms with van der Waals surface area (Å²) in [6, 6.07) is 14.8. The molecule has 1 aromatic carbocycles. The largest absolute Gasteiger partial charge is 0.477 e. The predicted molar refractivity (Wildman–Crippen MR) is 127 cm³/mol. The first kappa shape index (κ1) is 20.6. The van der Waals surface area contributed by atoms with Crippen LogP contribution < -0.4 is 4.74 Å². The molecule has 31 heavy (non-hydrogen) atoms. The second-order valence-electron chi connectivity index (χ2n) is 7.58. The van der Waals surface area contributed by atoms with E-state index in [-0.39, 0.29) is 0 Å². The van der Waals surface area contributed by atoms with Crippen LogP contribution in [0.25, 0.3) is 20.7 Å². The Balaban J connectivity index is 1.38. The average molecular weight is 452 g/mol. The topological polar surface area (TPSA) is 47.5 Å². The fraction of sp³-hybridized carbons (Fsp3) is 0.333. The third kappa shape index (κ3) is 4.96. The van der Waals surface area contributed by atoms with Crippen LogP contribution in [-0.4, -0.2) is 47.8 Å². The van der Waals surface area contributed by atoms with Gasteiger partial charge in [-0.1, -0.05) is 36.4 Å². The van der Waals surface area contributed by atoms with Crippen LogP contribution in [0.4, 0.5) is 0 Å². The van der Waals surface area contributed by atoms with Crippen molar-refractivity contribution in [1.29, 1.82) is 0 Å². The standard InChI is InChI=1S/C24H25N3O2S2/c1-2-6-18(7-3-1)8-4-12-29-23-22-19(20-9-5-15-30-20)17-31-24(22)26-21(25-23)16-27-10-13-28-14-11-27/h1-3,5-7,9,15,17H,4,8,10-14,16H2. The van der Waals surface area contributed by atoms with Crippen molar-refractivity contribution in [1.82, 2.24) is 14.9 Å². The van der Waals surface area contributed by atoms with Crippen molar-refractivity contribution in [3.8, 4) is 16.3 Å². The number of morpholine rings is 1. The molecule has 3 aromatic heterocycles. The van der Waals surface area contributed by atoms with E-state index >= 15 is 0 Å². The molecule has 0 atom stereocenters. The van der Waals surface area contributed by atoms with E-state index in [0.29, 0.717) is 12.5 Å². The molecule has 0 saturated carbocycles. The molecule has 0 N–H and O–H groups in total. The van der Waals surface area contributed by atoms with Crippen LogP contribution in [0.2, 0.25) is 0 Å². The molecule has 1 saturated heterocycles. The van der Waals surface area contributed by atoms with E-state index in [1.165, 1.54) is 16.0 Å². The Morgan fingerprint density at radius 1 is 1.00 bits per heavy atom. The molecule has 1 aliphatic heterocycles. The first-order chi connectivity index (χ1) is 15.4. The number of aryl methyl sites for hydroxylation is 1. The molecule has 0 unspecified atom stereocenters. The van der Waals surface area contributed by atoms with E-state index in [9.17, 15) is 0 Å². The summed E-state index contributed by atoms with van der Waals surface area (Å²) in [6.45, 7) is 4.74. The van der Waals surface area contributed by atoms with E-state index in [2.05, 4.69) is 58.1 Å². The first-order valence-electron chi connectivity index (χ1n) is 10.7. The fourth-order valence-electron chi connectivity index (χ4n) is 3.79. The maximum atomic E-state index is 6.28. The number of fused-ring (bicyclic) bond motifs is 1. The normalized spacial score (nSPS) is 14.8. The van der Waals surface area contributed by atoms with Crippen LogP contribution in [-0.2, 0) is 17.7 Å². The number of aromatic nitrogens is 2. The Labute approximate surface area is 190 Å². The number of benzene rings is 1. The Morgan fingerprint density at radius 3 is 2.68 bits per heavy atom. The van der Waals surface area contributed by atoms with Crippen molar-refractivity contribution in [2.24, 2.45) is 0 Å². The number of rotatable bonds is 8. The molecule has 0 amide bonds. The van der Waals surface area contributed by atoms with E-state index in [0.717, 1.165) is 61.7 Å². The summed E-state index contributed by atoms with van der Waals surface area (Å²) >= 11 is 3.41. The quantitative estimate of drug-likeness (QED) is 0.342. The minimum atomic E-state index is 0.637. The minimum absolute atomic E-state index is 0.637. The molecule has 160 valence electrons. The third-order valence-electron chi connectivity index (χ3n) is 5.39. The summed E-state index contributed by atoms with van der Waals surface area (Å²) in [7, 11) is 0. The van der Waals surface area contributed by atoms with Crippen molar-refractivity contribution in [3.63, 3.8) is 0 Å². The zero-order valence-electron chi connectivity index (χ0n) is 17.3. The summed E-state index contributed by atoms with van der Waals surface area (Å²) in [4.78, 5) is 14.3. The number of ether oxygens (including phenoxy) is 2. The Morgan fingerprint density at radius 2 is 1.87 bits per heavy atom. The SMILES string of the molecule is c1ccc(CCCOc2nc(CN3CCOCC3)nc3scc(-c4cccs4)c23)cc1. The first-order valence-corrected chi connectivity index (χ1v) is 12.4. The molecular formula is C24H25N3O2S2. The number of thiophene rings is 2. The fourth-order valence-corrected chi connectivity index (χ4v) is 5.56. The van der Waals surface area contributed by atoms with E-state index in [1.807, 2.05) is 0 Å².